The van der Waals surface area contributed by atoms with Gasteiger partial charge in [0.2, 0.25) is 0 Å². The van der Waals surface area contributed by atoms with Crippen LogP contribution in [0.2, 0.25) is 0 Å². The fraction of sp³-hybridized carbons (Fsp3) is 0.500. The van der Waals surface area contributed by atoms with Crippen molar-refractivity contribution in [2.45, 2.75) is 38.6 Å². The zero-order valence-corrected chi connectivity index (χ0v) is 13.5. The summed E-state index contributed by atoms with van der Waals surface area (Å²) in [4.78, 5) is 17.1. The predicted molar refractivity (Wildman–Crippen MR) is 86.2 cm³/mol. The molecule has 0 saturated carbocycles. The number of carbonyl (C=O) groups is 1. The van der Waals surface area contributed by atoms with Crippen LogP contribution in [-0.4, -0.2) is 24.0 Å². The van der Waals surface area contributed by atoms with Crippen molar-refractivity contribution >= 4 is 17.2 Å². The molecule has 3 rings (SSSR count). The monoisotopic (exact) mass is 319 g/mol. The molecule has 1 aliphatic carbocycles. The lowest BCUT2D eigenvalue weighted by atomic mass is 9.97. The van der Waals surface area contributed by atoms with Crippen LogP contribution in [0.3, 0.4) is 0 Å². The lowest BCUT2D eigenvalue weighted by Crippen LogP contribution is -2.30. The third-order valence-electron chi connectivity index (χ3n) is 3.84. The van der Waals surface area contributed by atoms with Gasteiger partial charge in [0.15, 0.2) is 5.89 Å². The number of rotatable bonds is 6. The third-order valence-corrected chi connectivity index (χ3v) is 4.70. The highest BCUT2D eigenvalue weighted by molar-refractivity contribution is 7.12. The molecule has 0 saturated heterocycles. The molecule has 0 aliphatic heterocycles. The second-order valence-electron chi connectivity index (χ2n) is 5.53. The number of carbonyl (C=O) groups excluding carboxylic acids is 1. The Kier molecular flexibility index (Phi) is 4.90. The van der Waals surface area contributed by atoms with E-state index >= 15 is 0 Å². The van der Waals surface area contributed by atoms with Crippen LogP contribution < -0.4 is 10.6 Å². The van der Waals surface area contributed by atoms with E-state index in [1.807, 2.05) is 24.4 Å². The zero-order chi connectivity index (χ0) is 15.4. The van der Waals surface area contributed by atoms with Gasteiger partial charge in [-0.05, 0) is 37.3 Å². The minimum atomic E-state index is 0.0158. The van der Waals surface area contributed by atoms with Gasteiger partial charge < -0.3 is 15.1 Å². The van der Waals surface area contributed by atoms with Crippen LogP contribution in [0.15, 0.2) is 21.9 Å². The number of thiophene rings is 1. The molecule has 0 radical (unpaired) electrons. The number of fused-ring (bicyclic) bond motifs is 1. The van der Waals surface area contributed by atoms with Gasteiger partial charge in [0, 0.05) is 19.9 Å². The van der Waals surface area contributed by atoms with E-state index < -0.39 is 0 Å². The molecular formula is C16H21N3O2S. The summed E-state index contributed by atoms with van der Waals surface area (Å²) in [5, 5.41) is 8.39. The first kappa shape index (κ1) is 15.2. The summed E-state index contributed by atoms with van der Waals surface area (Å²) < 4.78 is 5.63. The average molecular weight is 319 g/mol. The Labute approximate surface area is 134 Å². The molecule has 1 aliphatic rings. The van der Waals surface area contributed by atoms with Gasteiger partial charge in [0.1, 0.15) is 5.76 Å². The highest BCUT2D eigenvalue weighted by Crippen LogP contribution is 2.29. The molecular weight excluding hydrogens is 298 g/mol. The Morgan fingerprint density at radius 1 is 1.50 bits per heavy atom. The highest BCUT2D eigenvalue weighted by atomic mass is 32.1. The van der Waals surface area contributed by atoms with Gasteiger partial charge in [-0.15, -0.1) is 11.3 Å². The number of nitrogens with zero attached hydrogens (tertiary/aromatic N) is 1. The van der Waals surface area contributed by atoms with Crippen LogP contribution in [0.4, 0.5) is 0 Å². The Bertz CT molecular complexity index is 621. The summed E-state index contributed by atoms with van der Waals surface area (Å²) in [6, 6.07) is 4.02. The zero-order valence-electron chi connectivity index (χ0n) is 12.7. The first-order chi connectivity index (χ1) is 10.7. The van der Waals surface area contributed by atoms with Crippen LogP contribution in [-0.2, 0) is 6.42 Å². The maximum absolute atomic E-state index is 11.8. The van der Waals surface area contributed by atoms with Crippen LogP contribution in [0, 0.1) is 6.92 Å². The van der Waals surface area contributed by atoms with Crippen molar-refractivity contribution in [1.29, 1.82) is 0 Å². The van der Waals surface area contributed by atoms with Crippen molar-refractivity contribution in [2.24, 2.45) is 0 Å². The largest absolute Gasteiger partial charge is 0.446 e. The molecule has 5 nitrogen and oxygen atoms in total. The van der Waals surface area contributed by atoms with Crippen molar-refractivity contribution in [1.82, 2.24) is 15.6 Å². The molecule has 2 aromatic heterocycles. The molecule has 2 heterocycles. The van der Waals surface area contributed by atoms with E-state index in [1.54, 1.807) is 0 Å². The quantitative estimate of drug-likeness (QED) is 0.804. The van der Waals surface area contributed by atoms with E-state index in [0.717, 1.165) is 54.5 Å². The number of aromatic nitrogens is 1. The molecule has 2 aromatic rings. The summed E-state index contributed by atoms with van der Waals surface area (Å²) in [5.41, 5.74) is 1.08. The van der Waals surface area contributed by atoms with Crippen molar-refractivity contribution in [3.05, 3.63) is 39.7 Å². The molecule has 0 spiro atoms. The molecule has 0 aromatic carbocycles. The molecule has 2 N–H and O–H groups in total. The molecule has 6 heteroatoms. The van der Waals surface area contributed by atoms with Crippen LogP contribution in [0.25, 0.3) is 0 Å². The van der Waals surface area contributed by atoms with Crippen molar-refractivity contribution in [2.75, 3.05) is 13.1 Å². The molecule has 1 unspecified atom stereocenters. The first-order valence-corrected chi connectivity index (χ1v) is 8.63. The van der Waals surface area contributed by atoms with E-state index in [2.05, 4.69) is 15.6 Å². The van der Waals surface area contributed by atoms with Gasteiger partial charge in [-0.2, -0.15) is 0 Å². The van der Waals surface area contributed by atoms with Gasteiger partial charge in [0.05, 0.1) is 16.6 Å². The average Bonchev–Trinajstić information content (AvgIpc) is 3.15. The highest BCUT2D eigenvalue weighted by Gasteiger charge is 2.24. The molecule has 0 fully saturated rings. The summed E-state index contributed by atoms with van der Waals surface area (Å²) in [6.07, 6.45) is 4.12. The summed E-state index contributed by atoms with van der Waals surface area (Å²) >= 11 is 1.47. The number of oxazole rings is 1. The Morgan fingerprint density at radius 2 is 2.41 bits per heavy atom. The Balaban J connectivity index is 1.40. The van der Waals surface area contributed by atoms with Crippen molar-refractivity contribution in [3.63, 3.8) is 0 Å². The Hall–Kier alpha value is -1.66. The minimum absolute atomic E-state index is 0.0158. The van der Waals surface area contributed by atoms with Gasteiger partial charge in [0.25, 0.3) is 5.91 Å². The van der Waals surface area contributed by atoms with Gasteiger partial charge in [-0.1, -0.05) is 6.07 Å². The number of nitrogens with one attached hydrogen (secondary N) is 2. The van der Waals surface area contributed by atoms with Crippen molar-refractivity contribution in [3.8, 4) is 0 Å². The van der Waals surface area contributed by atoms with Crippen LogP contribution in [0.1, 0.15) is 52.3 Å². The van der Waals surface area contributed by atoms with E-state index in [-0.39, 0.29) is 11.9 Å². The van der Waals surface area contributed by atoms with E-state index in [0.29, 0.717) is 6.54 Å². The third kappa shape index (κ3) is 3.56. The topological polar surface area (TPSA) is 67.2 Å². The summed E-state index contributed by atoms with van der Waals surface area (Å²) in [7, 11) is 0. The summed E-state index contributed by atoms with van der Waals surface area (Å²) in [6.45, 7) is 3.44. The maximum atomic E-state index is 11.8. The van der Waals surface area contributed by atoms with Gasteiger partial charge >= 0.3 is 0 Å². The second kappa shape index (κ2) is 7.07. The SMILES string of the molecule is Cc1nc2c(o1)CCCC2NCCCNC(=O)c1cccs1. The van der Waals surface area contributed by atoms with E-state index in [1.165, 1.54) is 11.3 Å². The van der Waals surface area contributed by atoms with Crippen LogP contribution in [0.5, 0.6) is 0 Å². The van der Waals surface area contributed by atoms with Crippen LogP contribution >= 0.6 is 11.3 Å². The van der Waals surface area contributed by atoms with Crippen molar-refractivity contribution < 1.29 is 9.21 Å². The number of aryl methyl sites for hydroxylation is 2. The Morgan fingerprint density at radius 3 is 3.23 bits per heavy atom. The normalized spacial score (nSPS) is 17.2. The molecule has 1 amide bonds. The number of amides is 1. The fourth-order valence-corrected chi connectivity index (χ4v) is 3.44. The minimum Gasteiger partial charge on any atom is -0.446 e. The number of hydrogen-bond acceptors (Lipinski definition) is 5. The predicted octanol–water partition coefficient (Wildman–Crippen LogP) is 2.83. The maximum Gasteiger partial charge on any atom is 0.261 e. The van der Waals surface area contributed by atoms with Gasteiger partial charge in [-0.3, -0.25) is 4.79 Å². The standard InChI is InChI=1S/C16H21N3O2S/c1-11-19-15-12(5-2-6-13(15)21-11)17-8-4-9-18-16(20)14-7-3-10-22-14/h3,7,10,12,17H,2,4-6,8-9H2,1H3,(H,18,20). The molecule has 22 heavy (non-hydrogen) atoms. The molecule has 118 valence electrons. The number of hydrogen-bond donors (Lipinski definition) is 2. The smallest absolute Gasteiger partial charge is 0.261 e. The van der Waals surface area contributed by atoms with Gasteiger partial charge in [-0.25, -0.2) is 4.98 Å². The fourth-order valence-electron chi connectivity index (χ4n) is 2.80. The lowest BCUT2D eigenvalue weighted by Gasteiger charge is -2.21. The molecule has 1 atom stereocenters. The summed E-state index contributed by atoms with van der Waals surface area (Å²) in [5.74, 6) is 1.80. The first-order valence-electron chi connectivity index (χ1n) is 7.75. The van der Waals surface area contributed by atoms with E-state index in [9.17, 15) is 4.79 Å². The second-order valence-corrected chi connectivity index (χ2v) is 6.47. The van der Waals surface area contributed by atoms with E-state index in [4.69, 9.17) is 4.42 Å². The lowest BCUT2D eigenvalue weighted by molar-refractivity contribution is 0.0957. The molecule has 0 bridgehead atoms.